The van der Waals surface area contributed by atoms with Crippen molar-refractivity contribution in [2.75, 3.05) is 46.0 Å². The Morgan fingerprint density at radius 1 is 1.12 bits per heavy atom. The zero-order valence-electron chi connectivity index (χ0n) is 16.2. The van der Waals surface area contributed by atoms with Crippen LogP contribution in [0.2, 0.25) is 0 Å². The van der Waals surface area contributed by atoms with E-state index in [0.29, 0.717) is 24.1 Å². The third-order valence-electron chi connectivity index (χ3n) is 7.39. The van der Waals surface area contributed by atoms with Gasteiger partial charge in [-0.25, -0.2) is 9.18 Å². The third kappa shape index (κ3) is 3.47. The van der Waals surface area contributed by atoms with Crippen LogP contribution < -0.4 is 0 Å². The number of carbonyl (C=O) groups is 1. The van der Waals surface area contributed by atoms with Crippen molar-refractivity contribution < 1.29 is 13.9 Å². The molecule has 6 heteroatoms. The summed E-state index contributed by atoms with van der Waals surface area (Å²) in [5.41, 5.74) is 0.350. The number of carbonyl (C=O) groups excluding carboxylic acids is 1. The van der Waals surface area contributed by atoms with E-state index in [1.807, 2.05) is 11.8 Å². The lowest BCUT2D eigenvalue weighted by Crippen LogP contribution is -2.56. The van der Waals surface area contributed by atoms with E-state index in [1.54, 1.807) is 0 Å². The highest BCUT2D eigenvalue weighted by Gasteiger charge is 2.51. The van der Waals surface area contributed by atoms with Crippen molar-refractivity contribution in [3.05, 3.63) is 0 Å². The highest BCUT2D eigenvalue weighted by atomic mass is 19.1. The molecule has 4 aliphatic rings. The van der Waals surface area contributed by atoms with Crippen LogP contribution >= 0.6 is 0 Å². The van der Waals surface area contributed by atoms with Crippen molar-refractivity contribution in [1.29, 1.82) is 0 Å². The lowest BCUT2D eigenvalue weighted by atomic mass is 9.64. The van der Waals surface area contributed by atoms with E-state index < -0.39 is 0 Å². The normalized spacial score (nSPS) is 36.6. The molecule has 1 amide bonds. The van der Waals surface area contributed by atoms with E-state index in [0.717, 1.165) is 52.0 Å². The van der Waals surface area contributed by atoms with Crippen molar-refractivity contribution in [2.24, 2.45) is 5.41 Å². The fraction of sp³-hybridized carbons (Fsp3) is 0.950. The minimum atomic E-state index is -0.178. The van der Waals surface area contributed by atoms with Gasteiger partial charge in [-0.3, -0.25) is 4.90 Å². The Hall–Kier alpha value is -0.880. The van der Waals surface area contributed by atoms with Crippen LogP contribution in [0.25, 0.3) is 0 Å². The van der Waals surface area contributed by atoms with Gasteiger partial charge in [-0.05, 0) is 76.9 Å². The Morgan fingerprint density at radius 3 is 2.58 bits per heavy atom. The minimum absolute atomic E-state index is 0.137. The average Bonchev–Trinajstić information content (AvgIpc) is 3.28. The zero-order valence-corrected chi connectivity index (χ0v) is 16.2. The van der Waals surface area contributed by atoms with Gasteiger partial charge >= 0.3 is 6.09 Å². The number of likely N-dealkylation sites (tertiary alicyclic amines) is 3. The van der Waals surface area contributed by atoms with E-state index in [4.69, 9.17) is 4.74 Å². The largest absolute Gasteiger partial charge is 0.450 e. The molecule has 3 heterocycles. The average molecular weight is 368 g/mol. The third-order valence-corrected chi connectivity index (χ3v) is 7.39. The van der Waals surface area contributed by atoms with Crippen LogP contribution in [0.1, 0.15) is 51.9 Å². The Bertz CT molecular complexity index is 503. The van der Waals surface area contributed by atoms with Crippen LogP contribution in [0, 0.1) is 5.41 Å². The molecule has 0 N–H and O–H groups in total. The Labute approximate surface area is 156 Å². The number of rotatable bonds is 4. The fourth-order valence-corrected chi connectivity index (χ4v) is 5.92. The molecule has 1 unspecified atom stereocenters. The first-order valence-corrected chi connectivity index (χ1v) is 10.6. The number of piperidine rings is 1. The van der Waals surface area contributed by atoms with Crippen molar-refractivity contribution in [2.45, 2.75) is 70.0 Å². The Kier molecular flexibility index (Phi) is 5.42. The highest BCUT2D eigenvalue weighted by molar-refractivity contribution is 5.68. The molecule has 0 radical (unpaired) electrons. The first kappa shape index (κ1) is 18.5. The molecule has 4 rings (SSSR count). The van der Waals surface area contributed by atoms with Gasteiger partial charge in [0.1, 0.15) is 6.67 Å². The predicted molar refractivity (Wildman–Crippen MR) is 99.0 cm³/mol. The second-order valence-electron chi connectivity index (χ2n) is 8.89. The van der Waals surface area contributed by atoms with Crippen LogP contribution in [0.3, 0.4) is 0 Å². The molecule has 148 valence electrons. The van der Waals surface area contributed by atoms with E-state index in [-0.39, 0.29) is 18.8 Å². The SMILES string of the molecule is CCOC(=O)N1CCC2(CC(N3CCC(N4CCCC4CF)CC3)C2)C1. The van der Waals surface area contributed by atoms with Gasteiger partial charge in [0.25, 0.3) is 0 Å². The Morgan fingerprint density at radius 2 is 1.88 bits per heavy atom. The van der Waals surface area contributed by atoms with Gasteiger partial charge in [0, 0.05) is 31.2 Å². The molecular weight excluding hydrogens is 333 g/mol. The molecule has 5 nitrogen and oxygen atoms in total. The molecule has 3 aliphatic heterocycles. The van der Waals surface area contributed by atoms with Crippen molar-refractivity contribution in [3.63, 3.8) is 0 Å². The van der Waals surface area contributed by atoms with Gasteiger partial charge in [0.05, 0.1) is 6.61 Å². The lowest BCUT2D eigenvalue weighted by Gasteiger charge is -2.52. The van der Waals surface area contributed by atoms with Crippen LogP contribution in [-0.2, 0) is 4.74 Å². The van der Waals surface area contributed by atoms with Crippen molar-refractivity contribution in [3.8, 4) is 0 Å². The number of hydrogen-bond acceptors (Lipinski definition) is 4. The van der Waals surface area contributed by atoms with Gasteiger partial charge in [0.2, 0.25) is 0 Å². The molecule has 1 saturated carbocycles. The summed E-state index contributed by atoms with van der Waals surface area (Å²) in [5, 5.41) is 0. The summed E-state index contributed by atoms with van der Waals surface area (Å²) in [5.74, 6) is 0. The van der Waals surface area contributed by atoms with Crippen LogP contribution in [-0.4, -0.2) is 84.9 Å². The monoisotopic (exact) mass is 367 g/mol. The molecule has 1 aliphatic carbocycles. The summed E-state index contributed by atoms with van der Waals surface area (Å²) in [7, 11) is 0. The number of hydrogen-bond donors (Lipinski definition) is 0. The molecular formula is C20H34FN3O2. The van der Waals surface area contributed by atoms with Crippen LogP contribution in [0.5, 0.6) is 0 Å². The molecule has 0 aromatic carbocycles. The molecule has 0 aromatic heterocycles. The van der Waals surface area contributed by atoms with Crippen molar-refractivity contribution in [1.82, 2.24) is 14.7 Å². The van der Waals surface area contributed by atoms with Gasteiger partial charge in [-0.1, -0.05) is 0 Å². The number of alkyl halides is 1. The Balaban J connectivity index is 1.22. The summed E-state index contributed by atoms with van der Waals surface area (Å²) in [6, 6.07) is 1.47. The molecule has 1 atom stereocenters. The summed E-state index contributed by atoms with van der Waals surface area (Å²) in [6.45, 7) is 7.28. The molecule has 0 aromatic rings. The van der Waals surface area contributed by atoms with Gasteiger partial charge < -0.3 is 14.5 Å². The second kappa shape index (κ2) is 7.63. The highest BCUT2D eigenvalue weighted by Crippen LogP contribution is 2.50. The van der Waals surface area contributed by atoms with Crippen LogP contribution in [0.15, 0.2) is 0 Å². The van der Waals surface area contributed by atoms with Gasteiger partial charge in [0.15, 0.2) is 0 Å². The van der Waals surface area contributed by atoms with Crippen molar-refractivity contribution >= 4 is 6.09 Å². The summed E-state index contributed by atoms with van der Waals surface area (Å²) >= 11 is 0. The maximum atomic E-state index is 13.2. The van der Waals surface area contributed by atoms with Gasteiger partial charge in [-0.2, -0.15) is 0 Å². The molecule has 3 saturated heterocycles. The first-order valence-electron chi connectivity index (χ1n) is 10.6. The lowest BCUT2D eigenvalue weighted by molar-refractivity contribution is -0.0180. The van der Waals surface area contributed by atoms with E-state index in [1.165, 1.54) is 25.7 Å². The number of ether oxygens (including phenoxy) is 1. The maximum absolute atomic E-state index is 13.2. The zero-order chi connectivity index (χ0) is 18.1. The molecule has 0 bridgehead atoms. The number of nitrogens with zero attached hydrogens (tertiary/aromatic N) is 3. The maximum Gasteiger partial charge on any atom is 0.409 e. The quantitative estimate of drug-likeness (QED) is 0.766. The summed E-state index contributed by atoms with van der Waals surface area (Å²) in [4.78, 5) is 18.9. The van der Waals surface area contributed by atoms with E-state index in [9.17, 15) is 9.18 Å². The molecule has 1 spiro atoms. The van der Waals surface area contributed by atoms with Gasteiger partial charge in [-0.15, -0.1) is 0 Å². The number of halogens is 1. The summed E-state index contributed by atoms with van der Waals surface area (Å²) < 4.78 is 18.3. The summed E-state index contributed by atoms with van der Waals surface area (Å²) in [6.07, 6.45) is 8.03. The fourth-order valence-electron chi connectivity index (χ4n) is 5.92. The topological polar surface area (TPSA) is 36.0 Å². The van der Waals surface area contributed by atoms with Crippen LogP contribution in [0.4, 0.5) is 9.18 Å². The molecule has 26 heavy (non-hydrogen) atoms. The second-order valence-corrected chi connectivity index (χ2v) is 8.89. The number of amides is 1. The van der Waals surface area contributed by atoms with E-state index in [2.05, 4.69) is 9.80 Å². The smallest absolute Gasteiger partial charge is 0.409 e. The standard InChI is InChI=1S/C20H34FN3O2/c1-2-26-19(25)23-11-7-20(15-23)12-18(13-20)22-9-5-16(6-10-22)24-8-3-4-17(24)14-21/h16-18H,2-15H2,1H3. The molecule has 4 fully saturated rings. The minimum Gasteiger partial charge on any atom is -0.450 e. The van der Waals surface area contributed by atoms with E-state index >= 15 is 0 Å². The predicted octanol–water partition coefficient (Wildman–Crippen LogP) is 2.90. The first-order chi connectivity index (χ1) is 12.6.